The number of anilines is 1. The number of benzene rings is 3. The van der Waals surface area contributed by atoms with Gasteiger partial charge in [-0.25, -0.2) is 4.39 Å². The second-order valence-corrected chi connectivity index (χ2v) is 7.55. The van der Waals surface area contributed by atoms with E-state index in [2.05, 4.69) is 10.6 Å². The molecule has 1 aliphatic rings. The van der Waals surface area contributed by atoms with Crippen LogP contribution in [0.3, 0.4) is 0 Å². The minimum absolute atomic E-state index is 0.0309. The summed E-state index contributed by atoms with van der Waals surface area (Å²) in [5.41, 5.74) is 2.61. The van der Waals surface area contributed by atoms with Crippen LogP contribution in [0.5, 0.6) is 5.75 Å². The van der Waals surface area contributed by atoms with Crippen LogP contribution in [-0.2, 0) is 4.79 Å². The molecular formula is C25H25FN2O2. The first-order valence-electron chi connectivity index (χ1n) is 10.1. The average molecular weight is 404 g/mol. The lowest BCUT2D eigenvalue weighted by Crippen LogP contribution is -2.32. The van der Waals surface area contributed by atoms with Gasteiger partial charge >= 0.3 is 0 Å². The van der Waals surface area contributed by atoms with Crippen LogP contribution in [0.25, 0.3) is 0 Å². The van der Waals surface area contributed by atoms with Gasteiger partial charge in [-0.05, 0) is 41.7 Å². The van der Waals surface area contributed by atoms with Crippen LogP contribution in [0.1, 0.15) is 29.5 Å². The van der Waals surface area contributed by atoms with E-state index in [1.165, 1.54) is 6.07 Å². The van der Waals surface area contributed by atoms with Crippen molar-refractivity contribution in [2.45, 2.75) is 18.4 Å². The van der Waals surface area contributed by atoms with Gasteiger partial charge in [0.1, 0.15) is 11.6 Å². The van der Waals surface area contributed by atoms with Crippen molar-refractivity contribution in [2.24, 2.45) is 5.92 Å². The van der Waals surface area contributed by atoms with Gasteiger partial charge in [-0.15, -0.1) is 0 Å². The number of carbonyl (C=O) groups excluding carboxylic acids is 1. The molecule has 0 bridgehead atoms. The molecule has 1 amide bonds. The van der Waals surface area contributed by atoms with Crippen molar-refractivity contribution in [3.63, 3.8) is 0 Å². The Morgan fingerprint density at radius 3 is 2.60 bits per heavy atom. The fourth-order valence-electron chi connectivity index (χ4n) is 3.79. The molecule has 0 spiro atoms. The molecule has 30 heavy (non-hydrogen) atoms. The molecule has 4 nitrogen and oxygen atoms in total. The zero-order chi connectivity index (χ0) is 20.9. The van der Waals surface area contributed by atoms with Crippen molar-refractivity contribution >= 4 is 11.6 Å². The molecule has 1 fully saturated rings. The van der Waals surface area contributed by atoms with E-state index in [9.17, 15) is 9.18 Å². The second kappa shape index (κ2) is 8.99. The quantitative estimate of drug-likeness (QED) is 0.561. The number of carbonyl (C=O) groups is 1. The maximum Gasteiger partial charge on any atom is 0.223 e. The summed E-state index contributed by atoms with van der Waals surface area (Å²) >= 11 is 0. The molecule has 0 unspecified atom stereocenters. The highest BCUT2D eigenvalue weighted by atomic mass is 19.1. The lowest BCUT2D eigenvalue weighted by atomic mass is 10.1. The third kappa shape index (κ3) is 4.62. The largest absolute Gasteiger partial charge is 0.497 e. The van der Waals surface area contributed by atoms with Crippen molar-refractivity contribution in [3.8, 4) is 5.75 Å². The van der Waals surface area contributed by atoms with Gasteiger partial charge in [0.15, 0.2) is 0 Å². The molecule has 1 aliphatic carbocycles. The van der Waals surface area contributed by atoms with Gasteiger partial charge in [-0.3, -0.25) is 4.79 Å². The maximum absolute atomic E-state index is 14.0. The van der Waals surface area contributed by atoms with E-state index < -0.39 is 0 Å². The molecular weight excluding hydrogens is 379 g/mol. The van der Waals surface area contributed by atoms with Gasteiger partial charge in [-0.1, -0.05) is 54.6 Å². The minimum Gasteiger partial charge on any atom is -0.497 e. The van der Waals surface area contributed by atoms with Gasteiger partial charge in [0.05, 0.1) is 13.2 Å². The molecule has 0 aliphatic heterocycles. The van der Waals surface area contributed by atoms with E-state index in [0.29, 0.717) is 18.5 Å². The monoisotopic (exact) mass is 404 g/mol. The molecule has 0 saturated heterocycles. The Kier molecular flexibility index (Phi) is 5.98. The molecule has 3 aromatic rings. The van der Waals surface area contributed by atoms with Gasteiger partial charge in [0, 0.05) is 24.2 Å². The van der Waals surface area contributed by atoms with Crippen molar-refractivity contribution in [1.82, 2.24) is 5.32 Å². The van der Waals surface area contributed by atoms with Crippen LogP contribution in [-0.4, -0.2) is 19.6 Å². The van der Waals surface area contributed by atoms with E-state index in [1.807, 2.05) is 60.7 Å². The standard InChI is InChI=1S/C25H25FN2O2/c1-30-19-11-7-10-18(14-19)28-24(17-8-3-2-4-9-17)16-27-25(29)22-15-21(22)20-12-5-6-13-23(20)26/h2-14,21-22,24,28H,15-16H2,1H3,(H,27,29)/t21-,22-,24-/m1/s1. The van der Waals surface area contributed by atoms with Crippen LogP contribution >= 0.6 is 0 Å². The molecule has 0 heterocycles. The summed E-state index contributed by atoms with van der Waals surface area (Å²) in [6.07, 6.45) is 0.687. The lowest BCUT2D eigenvalue weighted by Gasteiger charge is -2.21. The Balaban J connectivity index is 1.42. The summed E-state index contributed by atoms with van der Waals surface area (Å²) in [5, 5.41) is 6.54. The van der Waals surface area contributed by atoms with Crippen LogP contribution in [0, 0.1) is 11.7 Å². The van der Waals surface area contributed by atoms with Crippen molar-refractivity contribution in [2.75, 3.05) is 19.0 Å². The van der Waals surface area contributed by atoms with Crippen LogP contribution in [0.15, 0.2) is 78.9 Å². The Morgan fingerprint density at radius 2 is 1.83 bits per heavy atom. The summed E-state index contributed by atoms with van der Waals surface area (Å²) < 4.78 is 19.3. The van der Waals surface area contributed by atoms with E-state index in [-0.39, 0.29) is 29.6 Å². The van der Waals surface area contributed by atoms with Crippen molar-refractivity contribution in [3.05, 3.63) is 95.8 Å². The number of hydrogen-bond acceptors (Lipinski definition) is 3. The smallest absolute Gasteiger partial charge is 0.223 e. The number of nitrogens with one attached hydrogen (secondary N) is 2. The Labute approximate surface area is 176 Å². The predicted octanol–water partition coefficient (Wildman–Crippen LogP) is 4.91. The molecule has 3 atom stereocenters. The molecule has 0 radical (unpaired) electrons. The topological polar surface area (TPSA) is 50.4 Å². The molecule has 4 rings (SSSR count). The van der Waals surface area contributed by atoms with Crippen molar-refractivity contribution in [1.29, 1.82) is 0 Å². The number of halogens is 1. The van der Waals surface area contributed by atoms with Gasteiger partial charge < -0.3 is 15.4 Å². The zero-order valence-corrected chi connectivity index (χ0v) is 16.8. The highest BCUT2D eigenvalue weighted by Gasteiger charge is 2.45. The fourth-order valence-corrected chi connectivity index (χ4v) is 3.79. The first kappa shape index (κ1) is 20.0. The van der Waals surface area contributed by atoms with Crippen LogP contribution < -0.4 is 15.4 Å². The summed E-state index contributed by atoms with van der Waals surface area (Å²) in [6.45, 7) is 0.431. The van der Waals surface area contributed by atoms with Crippen LogP contribution in [0.2, 0.25) is 0 Å². The zero-order valence-electron chi connectivity index (χ0n) is 16.8. The maximum atomic E-state index is 14.0. The Bertz CT molecular complexity index is 1010. The Morgan fingerprint density at radius 1 is 1.07 bits per heavy atom. The molecule has 5 heteroatoms. The third-order valence-electron chi connectivity index (χ3n) is 5.52. The van der Waals surface area contributed by atoms with E-state index in [4.69, 9.17) is 4.74 Å². The summed E-state index contributed by atoms with van der Waals surface area (Å²) in [4.78, 5) is 12.7. The van der Waals surface area contributed by atoms with Crippen molar-refractivity contribution < 1.29 is 13.9 Å². The third-order valence-corrected chi connectivity index (χ3v) is 5.52. The van der Waals surface area contributed by atoms with Gasteiger partial charge in [0.2, 0.25) is 5.91 Å². The molecule has 154 valence electrons. The van der Waals surface area contributed by atoms with Gasteiger partial charge in [-0.2, -0.15) is 0 Å². The number of rotatable bonds is 8. The average Bonchev–Trinajstić information content (AvgIpc) is 3.58. The second-order valence-electron chi connectivity index (χ2n) is 7.55. The molecule has 2 N–H and O–H groups in total. The first-order valence-corrected chi connectivity index (χ1v) is 10.1. The summed E-state index contributed by atoms with van der Waals surface area (Å²) in [5.74, 6) is 0.292. The first-order chi connectivity index (χ1) is 14.7. The predicted molar refractivity (Wildman–Crippen MR) is 116 cm³/mol. The number of methoxy groups -OCH3 is 1. The van der Waals surface area contributed by atoms with Crippen LogP contribution in [0.4, 0.5) is 10.1 Å². The van der Waals surface area contributed by atoms with E-state index >= 15 is 0 Å². The lowest BCUT2D eigenvalue weighted by molar-refractivity contribution is -0.122. The minimum atomic E-state index is -0.236. The van der Waals surface area contributed by atoms with E-state index in [0.717, 1.165) is 17.0 Å². The summed E-state index contributed by atoms with van der Waals surface area (Å²) in [6, 6.07) is 24.3. The Hall–Kier alpha value is -3.34. The van der Waals surface area contributed by atoms with E-state index in [1.54, 1.807) is 19.2 Å². The summed E-state index contributed by atoms with van der Waals surface area (Å²) in [7, 11) is 1.63. The highest BCUT2D eigenvalue weighted by molar-refractivity contribution is 5.83. The number of amides is 1. The highest BCUT2D eigenvalue weighted by Crippen LogP contribution is 2.48. The molecule has 1 saturated carbocycles. The SMILES string of the molecule is COc1cccc(N[C@H](CNC(=O)[C@@H]2C[C@@H]2c2ccccc2F)c2ccccc2)c1. The number of hydrogen-bond donors (Lipinski definition) is 2. The molecule has 0 aromatic heterocycles. The number of ether oxygens (including phenoxy) is 1. The molecule has 3 aromatic carbocycles. The fraction of sp³-hybridized carbons (Fsp3) is 0.240. The van der Waals surface area contributed by atoms with Gasteiger partial charge in [0.25, 0.3) is 0 Å². The normalized spacial score (nSPS) is 18.3.